The predicted octanol–water partition coefficient (Wildman–Crippen LogP) is 2.05. The van der Waals surface area contributed by atoms with Gasteiger partial charge in [0.15, 0.2) is 0 Å². The molecule has 23 heavy (non-hydrogen) atoms. The van der Waals surface area contributed by atoms with Crippen LogP contribution in [0.3, 0.4) is 0 Å². The zero-order valence-electron chi connectivity index (χ0n) is 14.0. The molecule has 0 aromatic heterocycles. The zero-order chi connectivity index (χ0) is 16.4. The molecule has 4 rings (SSSR count). The Bertz CT molecular complexity index is 712. The Morgan fingerprint density at radius 3 is 2.70 bits per heavy atom. The van der Waals surface area contributed by atoms with Gasteiger partial charge in [-0.15, -0.1) is 0 Å². The molecular formula is C19H26N2O2. The van der Waals surface area contributed by atoms with Crippen LogP contribution in [-0.4, -0.2) is 23.9 Å². The molecule has 0 aliphatic heterocycles. The van der Waals surface area contributed by atoms with E-state index in [1.165, 1.54) is 27.8 Å². The van der Waals surface area contributed by atoms with Gasteiger partial charge in [-0.1, -0.05) is 6.07 Å². The Morgan fingerprint density at radius 2 is 1.96 bits per heavy atom. The molecule has 1 aromatic carbocycles. The number of aliphatic hydroxyl groups excluding tert-OH is 1. The third kappa shape index (κ3) is 1.95. The van der Waals surface area contributed by atoms with Crippen molar-refractivity contribution in [2.75, 3.05) is 7.11 Å². The monoisotopic (exact) mass is 314 g/mol. The van der Waals surface area contributed by atoms with Crippen molar-refractivity contribution in [1.82, 2.24) is 0 Å². The topological polar surface area (TPSA) is 81.5 Å². The minimum Gasteiger partial charge on any atom is -0.496 e. The van der Waals surface area contributed by atoms with E-state index in [0.717, 1.165) is 31.4 Å². The molecule has 0 bridgehead atoms. The van der Waals surface area contributed by atoms with Gasteiger partial charge in [-0.2, -0.15) is 0 Å². The minimum absolute atomic E-state index is 0.316. The maximum absolute atomic E-state index is 10.1. The number of aliphatic hydroxyl groups is 1. The van der Waals surface area contributed by atoms with Gasteiger partial charge in [0.05, 0.1) is 18.8 Å². The zero-order valence-corrected chi connectivity index (χ0v) is 14.0. The minimum atomic E-state index is -0.424. The van der Waals surface area contributed by atoms with E-state index in [1.807, 2.05) is 6.07 Å². The maximum Gasteiger partial charge on any atom is 0.122 e. The average molecular weight is 314 g/mol. The van der Waals surface area contributed by atoms with E-state index in [2.05, 4.69) is 13.0 Å². The second-order valence-corrected chi connectivity index (χ2v) is 7.57. The molecule has 1 unspecified atom stereocenters. The van der Waals surface area contributed by atoms with Gasteiger partial charge >= 0.3 is 0 Å². The van der Waals surface area contributed by atoms with E-state index in [4.69, 9.17) is 16.2 Å². The van der Waals surface area contributed by atoms with E-state index >= 15 is 0 Å². The normalized spacial score (nSPS) is 35.6. The number of benzene rings is 1. The van der Waals surface area contributed by atoms with E-state index in [-0.39, 0.29) is 11.6 Å². The fraction of sp³-hybridized carbons (Fsp3) is 0.579. The van der Waals surface area contributed by atoms with E-state index in [1.54, 1.807) is 7.11 Å². The molecule has 5 N–H and O–H groups in total. The Balaban J connectivity index is 1.90. The van der Waals surface area contributed by atoms with Crippen LogP contribution in [0.1, 0.15) is 48.8 Å². The average Bonchev–Trinajstić information content (AvgIpc) is 2.82. The number of nitrogens with two attached hydrogens (primary N) is 2. The maximum atomic E-state index is 10.1. The molecule has 1 saturated carbocycles. The Morgan fingerprint density at radius 1 is 1.17 bits per heavy atom. The van der Waals surface area contributed by atoms with E-state index in [0.29, 0.717) is 12.8 Å². The SMILES string of the molecule is COc1ccc2c(c1C)CCC1=C3CC(O)C[C@]3(N)CC[C@@]12N. The standard InChI is InChI=1S/C19H26N2O2/c1-11-13-3-4-15-16-9-12(22)10-18(16,20)7-8-19(15,21)14(13)5-6-17(11)23-2/h5-6,12,22H,3-4,7-10,20-21H2,1-2H3/t12?,18-,19+/m1/s1. The highest BCUT2D eigenvalue weighted by atomic mass is 16.5. The Labute approximate surface area is 137 Å². The predicted molar refractivity (Wildman–Crippen MR) is 90.3 cm³/mol. The lowest BCUT2D eigenvalue weighted by Gasteiger charge is -2.47. The summed E-state index contributed by atoms with van der Waals surface area (Å²) in [5.41, 5.74) is 19.1. The van der Waals surface area contributed by atoms with Gasteiger partial charge in [0, 0.05) is 5.54 Å². The Hall–Kier alpha value is -1.36. The van der Waals surface area contributed by atoms with Gasteiger partial charge in [-0.05, 0) is 79.4 Å². The molecule has 1 fully saturated rings. The number of hydrogen-bond donors (Lipinski definition) is 3. The van der Waals surface area contributed by atoms with Gasteiger partial charge in [0.1, 0.15) is 5.75 Å². The van der Waals surface area contributed by atoms with Crippen LogP contribution in [0.25, 0.3) is 0 Å². The number of hydrogen-bond acceptors (Lipinski definition) is 4. The largest absolute Gasteiger partial charge is 0.496 e. The Kier molecular flexibility index (Phi) is 3.18. The van der Waals surface area contributed by atoms with Crippen LogP contribution < -0.4 is 16.2 Å². The highest BCUT2D eigenvalue weighted by Crippen LogP contribution is 2.54. The van der Waals surface area contributed by atoms with Gasteiger partial charge in [-0.25, -0.2) is 0 Å². The summed E-state index contributed by atoms with van der Waals surface area (Å²) in [5.74, 6) is 0.934. The van der Waals surface area contributed by atoms with E-state index in [9.17, 15) is 5.11 Å². The first-order chi connectivity index (χ1) is 10.9. The summed E-state index contributed by atoms with van der Waals surface area (Å²) < 4.78 is 5.47. The van der Waals surface area contributed by atoms with Crippen molar-refractivity contribution in [2.45, 2.75) is 62.6 Å². The number of methoxy groups -OCH3 is 1. The van der Waals surface area contributed by atoms with Crippen molar-refractivity contribution in [3.8, 4) is 5.75 Å². The number of ether oxygens (including phenoxy) is 1. The molecule has 0 saturated heterocycles. The van der Waals surface area contributed by atoms with E-state index < -0.39 is 5.54 Å². The summed E-state index contributed by atoms with van der Waals surface area (Å²) in [4.78, 5) is 0. The highest BCUT2D eigenvalue weighted by molar-refractivity contribution is 5.56. The van der Waals surface area contributed by atoms with Crippen molar-refractivity contribution in [2.24, 2.45) is 11.5 Å². The van der Waals surface area contributed by atoms with Crippen LogP contribution in [0.2, 0.25) is 0 Å². The van der Waals surface area contributed by atoms with Crippen molar-refractivity contribution in [1.29, 1.82) is 0 Å². The number of rotatable bonds is 1. The lowest BCUT2D eigenvalue weighted by atomic mass is 9.62. The molecule has 1 aromatic rings. The van der Waals surface area contributed by atoms with Crippen LogP contribution in [0.15, 0.2) is 23.3 Å². The molecular weight excluding hydrogens is 288 g/mol. The van der Waals surface area contributed by atoms with Gasteiger partial charge < -0.3 is 21.3 Å². The third-order valence-corrected chi connectivity index (χ3v) is 6.38. The summed E-state index contributed by atoms with van der Waals surface area (Å²) in [6, 6.07) is 4.17. The molecule has 0 radical (unpaired) electrons. The molecule has 4 nitrogen and oxygen atoms in total. The summed E-state index contributed by atoms with van der Waals surface area (Å²) >= 11 is 0. The quantitative estimate of drug-likeness (QED) is 0.693. The van der Waals surface area contributed by atoms with Crippen molar-refractivity contribution in [3.05, 3.63) is 40.0 Å². The lowest BCUT2D eigenvalue weighted by Crippen LogP contribution is -2.53. The molecule has 3 aliphatic rings. The van der Waals surface area contributed by atoms with Crippen LogP contribution in [0.5, 0.6) is 5.75 Å². The number of fused-ring (bicyclic) bond motifs is 4. The van der Waals surface area contributed by atoms with Crippen LogP contribution in [0, 0.1) is 6.92 Å². The van der Waals surface area contributed by atoms with Gasteiger partial charge in [0.2, 0.25) is 0 Å². The summed E-state index contributed by atoms with van der Waals surface area (Å²) in [6.07, 6.45) is 4.67. The fourth-order valence-corrected chi connectivity index (χ4v) is 5.19. The van der Waals surface area contributed by atoms with Crippen molar-refractivity contribution < 1.29 is 9.84 Å². The first-order valence-electron chi connectivity index (χ1n) is 8.55. The summed E-state index contributed by atoms with van der Waals surface area (Å²) in [6.45, 7) is 2.12. The van der Waals surface area contributed by atoms with Crippen molar-refractivity contribution in [3.63, 3.8) is 0 Å². The van der Waals surface area contributed by atoms with Crippen LogP contribution in [-0.2, 0) is 12.0 Å². The van der Waals surface area contributed by atoms with Gasteiger partial charge in [0.25, 0.3) is 0 Å². The summed E-state index contributed by atoms with van der Waals surface area (Å²) in [7, 11) is 1.71. The molecule has 4 heteroatoms. The fourth-order valence-electron chi connectivity index (χ4n) is 5.19. The van der Waals surface area contributed by atoms with Crippen molar-refractivity contribution >= 4 is 0 Å². The lowest BCUT2D eigenvalue weighted by molar-refractivity contribution is 0.171. The third-order valence-electron chi connectivity index (χ3n) is 6.38. The molecule has 3 aliphatic carbocycles. The molecule has 0 heterocycles. The summed E-state index contributed by atoms with van der Waals surface area (Å²) in [5, 5.41) is 10.1. The highest BCUT2D eigenvalue weighted by Gasteiger charge is 2.51. The molecule has 0 amide bonds. The second-order valence-electron chi connectivity index (χ2n) is 7.57. The molecule has 0 spiro atoms. The first kappa shape index (κ1) is 15.2. The first-order valence-corrected chi connectivity index (χ1v) is 8.55. The smallest absolute Gasteiger partial charge is 0.122 e. The second kappa shape index (κ2) is 4.82. The molecule has 124 valence electrons. The van der Waals surface area contributed by atoms with Crippen LogP contribution >= 0.6 is 0 Å². The van der Waals surface area contributed by atoms with Crippen LogP contribution in [0.4, 0.5) is 0 Å². The molecule has 3 atom stereocenters. The van der Waals surface area contributed by atoms with Gasteiger partial charge in [-0.3, -0.25) is 0 Å².